The van der Waals surface area contributed by atoms with Crippen molar-refractivity contribution in [1.82, 2.24) is 19.7 Å². The molecule has 7 heteroatoms. The van der Waals surface area contributed by atoms with Crippen molar-refractivity contribution < 1.29 is 9.21 Å². The van der Waals surface area contributed by atoms with Crippen LogP contribution in [0.1, 0.15) is 16.1 Å². The highest BCUT2D eigenvalue weighted by molar-refractivity contribution is 7.99. The largest absolute Gasteiger partial charge is 0.469 e. The summed E-state index contributed by atoms with van der Waals surface area (Å²) in [6.07, 6.45) is 5.18. The average molecular weight is 378 g/mol. The van der Waals surface area contributed by atoms with Crippen LogP contribution in [-0.2, 0) is 6.54 Å². The van der Waals surface area contributed by atoms with Gasteiger partial charge in [0.1, 0.15) is 5.76 Å². The monoisotopic (exact) mass is 378 g/mol. The zero-order valence-corrected chi connectivity index (χ0v) is 15.6. The van der Waals surface area contributed by atoms with Crippen LogP contribution in [0.15, 0.2) is 65.0 Å². The molecule has 1 N–H and O–H groups in total. The minimum atomic E-state index is 0.0478. The van der Waals surface area contributed by atoms with Gasteiger partial charge in [0.05, 0.1) is 17.6 Å². The van der Waals surface area contributed by atoms with Crippen molar-refractivity contribution in [3.63, 3.8) is 0 Å². The Hall–Kier alpha value is -3.06. The van der Waals surface area contributed by atoms with Crippen molar-refractivity contribution in [3.05, 3.63) is 66.8 Å². The molecule has 4 aromatic rings. The van der Waals surface area contributed by atoms with E-state index in [9.17, 15) is 4.79 Å². The van der Waals surface area contributed by atoms with Gasteiger partial charge in [-0.3, -0.25) is 9.36 Å². The maximum atomic E-state index is 12.7. The molecular weight excluding hydrogens is 360 g/mol. The van der Waals surface area contributed by atoms with Gasteiger partial charge in [-0.15, -0.1) is 16.8 Å². The van der Waals surface area contributed by atoms with E-state index < -0.39 is 0 Å². The summed E-state index contributed by atoms with van der Waals surface area (Å²) in [5, 5.41) is 10.2. The maximum absolute atomic E-state index is 12.7. The Balaban J connectivity index is 1.58. The number of nitrogens with one attached hydrogen (secondary N) is 1. The average Bonchev–Trinajstić information content (AvgIpc) is 3.38. The van der Waals surface area contributed by atoms with Crippen molar-refractivity contribution >= 4 is 28.4 Å². The fourth-order valence-electron chi connectivity index (χ4n) is 3.02. The second-order valence-corrected chi connectivity index (χ2v) is 7.00. The zero-order valence-electron chi connectivity index (χ0n) is 14.8. The first-order chi connectivity index (χ1) is 13.2. The summed E-state index contributed by atoms with van der Waals surface area (Å²) in [6.45, 7) is 6.25. The van der Waals surface area contributed by atoms with Gasteiger partial charge in [0.25, 0.3) is 0 Å². The van der Waals surface area contributed by atoms with Gasteiger partial charge in [0.2, 0.25) is 0 Å². The Labute approximate surface area is 160 Å². The summed E-state index contributed by atoms with van der Waals surface area (Å²) < 4.78 is 7.32. The molecule has 0 fully saturated rings. The first-order valence-corrected chi connectivity index (χ1v) is 9.48. The number of aromatic amines is 1. The number of hydrogen-bond donors (Lipinski definition) is 1. The van der Waals surface area contributed by atoms with Gasteiger partial charge in [-0.1, -0.05) is 36.0 Å². The van der Waals surface area contributed by atoms with Crippen molar-refractivity contribution in [2.24, 2.45) is 0 Å². The first kappa shape index (κ1) is 17.4. The summed E-state index contributed by atoms with van der Waals surface area (Å²) in [4.78, 5) is 15.9. The molecule has 0 atom stereocenters. The van der Waals surface area contributed by atoms with E-state index in [2.05, 4.69) is 21.8 Å². The van der Waals surface area contributed by atoms with Crippen LogP contribution in [0, 0.1) is 6.92 Å². The standard InChI is InChI=1S/C20H18N4O2S/c1-3-9-24-19(14-8-10-26-13(14)2)22-23-20(24)27-12-18(25)16-11-21-17-7-5-4-6-15(16)17/h3-8,10-11,21H,1,9,12H2,2H3. The van der Waals surface area contributed by atoms with E-state index in [0.717, 1.165) is 22.2 Å². The second-order valence-electron chi connectivity index (χ2n) is 6.06. The third-order valence-corrected chi connectivity index (χ3v) is 5.32. The number of furan rings is 1. The molecule has 0 spiro atoms. The minimum absolute atomic E-state index is 0.0478. The minimum Gasteiger partial charge on any atom is -0.469 e. The summed E-state index contributed by atoms with van der Waals surface area (Å²) in [5.74, 6) is 1.82. The van der Waals surface area contributed by atoms with Crippen molar-refractivity contribution in [1.29, 1.82) is 0 Å². The molecule has 0 aliphatic carbocycles. The van der Waals surface area contributed by atoms with Crippen LogP contribution in [0.4, 0.5) is 0 Å². The van der Waals surface area contributed by atoms with Gasteiger partial charge in [-0.05, 0) is 19.1 Å². The third-order valence-electron chi connectivity index (χ3n) is 4.35. The van der Waals surface area contributed by atoms with Crippen LogP contribution < -0.4 is 0 Å². The summed E-state index contributed by atoms with van der Waals surface area (Å²) in [7, 11) is 0. The molecule has 0 unspecified atom stereocenters. The van der Waals surface area contributed by atoms with Crippen LogP contribution in [0.5, 0.6) is 0 Å². The number of para-hydroxylation sites is 1. The number of allylic oxidation sites excluding steroid dienone is 1. The Morgan fingerprint density at radius 1 is 1.33 bits per heavy atom. The van der Waals surface area contributed by atoms with Gasteiger partial charge in [0.15, 0.2) is 16.8 Å². The van der Waals surface area contributed by atoms with Crippen LogP contribution >= 0.6 is 11.8 Å². The molecule has 6 nitrogen and oxygen atoms in total. The fourth-order valence-corrected chi connectivity index (χ4v) is 3.85. The summed E-state index contributed by atoms with van der Waals surface area (Å²) in [5.41, 5.74) is 2.54. The van der Waals surface area contributed by atoms with Crippen LogP contribution in [-0.4, -0.2) is 31.3 Å². The molecule has 0 saturated carbocycles. The number of rotatable bonds is 7. The predicted octanol–water partition coefficient (Wildman–Crippen LogP) is 4.49. The number of H-pyrrole nitrogens is 1. The molecule has 1 aromatic carbocycles. The topological polar surface area (TPSA) is 76.7 Å². The number of benzene rings is 1. The fraction of sp³-hybridized carbons (Fsp3) is 0.150. The van der Waals surface area contributed by atoms with E-state index in [-0.39, 0.29) is 11.5 Å². The molecule has 0 bridgehead atoms. The molecule has 0 amide bonds. The number of aryl methyl sites for hydroxylation is 1. The molecule has 0 radical (unpaired) electrons. The van der Waals surface area contributed by atoms with Gasteiger partial charge in [-0.2, -0.15) is 0 Å². The smallest absolute Gasteiger partial charge is 0.192 e. The number of Topliss-reactive ketones (excluding diaryl/α,β-unsaturated/α-hetero) is 1. The highest BCUT2D eigenvalue weighted by Gasteiger charge is 2.19. The quantitative estimate of drug-likeness (QED) is 0.291. The number of ketones is 1. The van der Waals surface area contributed by atoms with Crippen LogP contribution in [0.25, 0.3) is 22.3 Å². The summed E-state index contributed by atoms with van der Waals surface area (Å²) in [6, 6.07) is 9.65. The highest BCUT2D eigenvalue weighted by atomic mass is 32.2. The number of nitrogens with zero attached hydrogens (tertiary/aromatic N) is 3. The molecular formula is C20H18N4O2S. The number of carbonyl (C=O) groups is 1. The number of carbonyl (C=O) groups excluding carboxylic acids is 1. The summed E-state index contributed by atoms with van der Waals surface area (Å²) >= 11 is 1.37. The molecule has 3 aromatic heterocycles. The SMILES string of the molecule is C=CCn1c(SCC(=O)c2c[nH]c3ccccc23)nnc1-c1ccoc1C. The van der Waals surface area contributed by atoms with E-state index in [1.54, 1.807) is 18.5 Å². The van der Waals surface area contributed by atoms with E-state index >= 15 is 0 Å². The number of aromatic nitrogens is 4. The normalized spacial score (nSPS) is 11.1. The van der Waals surface area contributed by atoms with Gasteiger partial charge >= 0.3 is 0 Å². The highest BCUT2D eigenvalue weighted by Crippen LogP contribution is 2.28. The second kappa shape index (κ2) is 7.28. The van der Waals surface area contributed by atoms with Gasteiger partial charge < -0.3 is 9.40 Å². The Morgan fingerprint density at radius 2 is 2.19 bits per heavy atom. The molecule has 136 valence electrons. The molecule has 0 aliphatic heterocycles. The molecule has 27 heavy (non-hydrogen) atoms. The Kier molecular flexibility index (Phi) is 4.68. The zero-order chi connectivity index (χ0) is 18.8. The predicted molar refractivity (Wildman–Crippen MR) is 106 cm³/mol. The Bertz CT molecular complexity index is 1120. The van der Waals surface area contributed by atoms with E-state index in [1.165, 1.54) is 11.8 Å². The first-order valence-electron chi connectivity index (χ1n) is 8.49. The number of hydrogen-bond acceptors (Lipinski definition) is 5. The Morgan fingerprint density at radius 3 is 2.96 bits per heavy atom. The number of thioether (sulfide) groups is 1. The molecule has 0 saturated heterocycles. The van der Waals surface area contributed by atoms with Crippen molar-refractivity contribution in [2.45, 2.75) is 18.6 Å². The van der Waals surface area contributed by atoms with E-state index in [1.807, 2.05) is 41.8 Å². The van der Waals surface area contributed by atoms with Gasteiger partial charge in [0, 0.05) is 29.2 Å². The lowest BCUT2D eigenvalue weighted by Gasteiger charge is -2.06. The van der Waals surface area contributed by atoms with E-state index in [4.69, 9.17) is 4.42 Å². The van der Waals surface area contributed by atoms with Gasteiger partial charge in [-0.25, -0.2) is 0 Å². The van der Waals surface area contributed by atoms with Crippen molar-refractivity contribution in [2.75, 3.05) is 5.75 Å². The van der Waals surface area contributed by atoms with Crippen LogP contribution in [0.2, 0.25) is 0 Å². The molecule has 4 rings (SSSR count). The lowest BCUT2D eigenvalue weighted by atomic mass is 10.1. The van der Waals surface area contributed by atoms with Crippen LogP contribution in [0.3, 0.4) is 0 Å². The third kappa shape index (κ3) is 3.21. The van der Waals surface area contributed by atoms with Crippen molar-refractivity contribution in [3.8, 4) is 11.4 Å². The lowest BCUT2D eigenvalue weighted by Crippen LogP contribution is -2.05. The maximum Gasteiger partial charge on any atom is 0.192 e. The van der Waals surface area contributed by atoms with E-state index in [0.29, 0.717) is 23.1 Å². The number of fused-ring (bicyclic) bond motifs is 1. The molecule has 0 aliphatic rings. The molecule has 3 heterocycles. The lowest BCUT2D eigenvalue weighted by molar-refractivity contribution is 0.102.